The van der Waals surface area contributed by atoms with Gasteiger partial charge in [-0.05, 0) is 38.8 Å². The van der Waals surface area contributed by atoms with Crippen molar-refractivity contribution in [3.05, 3.63) is 53.3 Å². The SMILES string of the molecule is C/C=C1\NC(=O)c2cc(F)cc(n2)CNC(=O)C[C@@H](/C=C/CCSC(=O)CCCCCCC)OC(=O)[C@H](C)NC1=O. The number of carbonyl (C=O) groups is 5. The molecule has 2 bridgehead atoms. The molecule has 1 aromatic rings. The van der Waals surface area contributed by atoms with Gasteiger partial charge in [-0.2, -0.15) is 0 Å². The normalized spacial score (nSPS) is 20.0. The second-order valence-electron chi connectivity index (χ2n) is 9.57. The molecule has 0 saturated carbocycles. The van der Waals surface area contributed by atoms with E-state index in [2.05, 4.69) is 27.9 Å². The predicted molar refractivity (Wildman–Crippen MR) is 154 cm³/mol. The molecule has 0 aliphatic carbocycles. The first kappa shape index (κ1) is 33.7. The minimum atomic E-state index is -1.11. The van der Waals surface area contributed by atoms with Crippen LogP contribution in [0.4, 0.5) is 4.39 Å². The van der Waals surface area contributed by atoms with E-state index in [4.69, 9.17) is 4.74 Å². The Balaban J connectivity index is 2.08. The van der Waals surface area contributed by atoms with Crippen molar-refractivity contribution in [3.63, 3.8) is 0 Å². The molecule has 2 heterocycles. The third-order valence-corrected chi connectivity index (χ3v) is 7.03. The van der Waals surface area contributed by atoms with Crippen LogP contribution in [0.25, 0.3) is 0 Å². The number of cyclic esters (lactones) is 1. The van der Waals surface area contributed by atoms with Crippen LogP contribution in [0.15, 0.2) is 36.1 Å². The summed E-state index contributed by atoms with van der Waals surface area (Å²) in [7, 11) is 0. The second kappa shape index (κ2) is 18.0. The second-order valence-corrected chi connectivity index (χ2v) is 10.7. The fourth-order valence-electron chi connectivity index (χ4n) is 3.82. The molecule has 0 fully saturated rings. The fraction of sp³-hybridized carbons (Fsp3) is 0.517. The zero-order valence-corrected chi connectivity index (χ0v) is 24.6. The van der Waals surface area contributed by atoms with E-state index in [1.807, 2.05) is 0 Å². The Bertz CT molecular complexity index is 1160. The van der Waals surface area contributed by atoms with Crippen molar-refractivity contribution in [1.29, 1.82) is 0 Å². The number of rotatable bonds is 10. The average Bonchev–Trinajstić information content (AvgIpc) is 2.93. The molecule has 0 spiro atoms. The molecular formula is C29H39FN4O6S. The van der Waals surface area contributed by atoms with Gasteiger partial charge in [0.1, 0.15) is 29.4 Å². The first-order valence-electron chi connectivity index (χ1n) is 13.9. The Morgan fingerprint density at radius 3 is 2.63 bits per heavy atom. The summed E-state index contributed by atoms with van der Waals surface area (Å²) >= 11 is 1.25. The standard InChI is InChI=1S/C29H39FN4O6S/c1-4-6-7-8-9-13-26(36)41-14-11-10-12-22-17-25(35)31-18-21-15-20(30)16-24(33-21)28(38)34-23(5-2)27(37)32-19(3)29(39)40-22/h5,10,12,15-16,19,22H,4,6-9,11,13-14,17-18H2,1-3H3,(H,31,35)(H,32,37)(H,34,38)/b12-10+,23-5-/t19-,22+/m0/s1. The molecule has 2 rings (SSSR count). The molecule has 3 N–H and O–H groups in total. The van der Waals surface area contributed by atoms with Crippen LogP contribution in [0.5, 0.6) is 0 Å². The minimum Gasteiger partial charge on any atom is -0.456 e. The fourth-order valence-corrected chi connectivity index (χ4v) is 4.59. The number of aromatic nitrogens is 1. The predicted octanol–water partition coefficient (Wildman–Crippen LogP) is 3.86. The Morgan fingerprint density at radius 1 is 1.15 bits per heavy atom. The van der Waals surface area contributed by atoms with Crippen molar-refractivity contribution in [1.82, 2.24) is 20.9 Å². The molecule has 12 heteroatoms. The molecule has 1 aliphatic rings. The van der Waals surface area contributed by atoms with E-state index in [9.17, 15) is 28.4 Å². The number of fused-ring (bicyclic) bond motifs is 2. The summed E-state index contributed by atoms with van der Waals surface area (Å²) in [5.74, 6) is -3.06. The van der Waals surface area contributed by atoms with Crippen molar-refractivity contribution in [3.8, 4) is 0 Å². The molecule has 0 radical (unpaired) electrons. The van der Waals surface area contributed by atoms with Gasteiger partial charge in [0.2, 0.25) is 5.91 Å². The van der Waals surface area contributed by atoms with Crippen molar-refractivity contribution in [2.24, 2.45) is 0 Å². The summed E-state index contributed by atoms with van der Waals surface area (Å²) in [5.41, 5.74) is -0.353. The monoisotopic (exact) mass is 590 g/mol. The smallest absolute Gasteiger partial charge is 0.328 e. The highest BCUT2D eigenvalue weighted by atomic mass is 32.2. The average molecular weight is 591 g/mol. The van der Waals surface area contributed by atoms with Gasteiger partial charge in [0.25, 0.3) is 11.8 Å². The molecule has 10 nitrogen and oxygen atoms in total. The summed E-state index contributed by atoms with van der Waals surface area (Å²) in [6, 6.07) is 0.882. The van der Waals surface area contributed by atoms with E-state index >= 15 is 0 Å². The molecule has 224 valence electrons. The third kappa shape index (κ3) is 12.7. The summed E-state index contributed by atoms with van der Waals surface area (Å²) < 4.78 is 19.7. The minimum absolute atomic E-state index is 0.0897. The molecule has 3 amide bonds. The van der Waals surface area contributed by atoms with Crippen LogP contribution in [0.1, 0.15) is 88.3 Å². The number of carbonyl (C=O) groups excluding carboxylic acids is 5. The summed E-state index contributed by atoms with van der Waals surface area (Å²) in [6.45, 7) is 4.89. The van der Waals surface area contributed by atoms with E-state index < -0.39 is 41.7 Å². The van der Waals surface area contributed by atoms with Crippen LogP contribution in [0, 0.1) is 5.82 Å². The highest BCUT2D eigenvalue weighted by Gasteiger charge is 2.25. The van der Waals surface area contributed by atoms with Gasteiger partial charge in [-0.1, -0.05) is 56.5 Å². The number of pyridine rings is 1. The van der Waals surface area contributed by atoms with Gasteiger partial charge in [0.05, 0.1) is 18.7 Å². The summed E-state index contributed by atoms with van der Waals surface area (Å²) in [4.78, 5) is 66.8. The third-order valence-electron chi connectivity index (χ3n) is 6.06. The van der Waals surface area contributed by atoms with Crippen LogP contribution in [0.3, 0.4) is 0 Å². The number of nitrogens with one attached hydrogen (secondary N) is 3. The van der Waals surface area contributed by atoms with E-state index in [0.29, 0.717) is 18.6 Å². The summed E-state index contributed by atoms with van der Waals surface area (Å²) in [6.07, 6.45) is 9.92. The maximum Gasteiger partial charge on any atom is 0.328 e. The van der Waals surface area contributed by atoms with Crippen molar-refractivity contribution in [2.75, 3.05) is 5.75 Å². The molecular weight excluding hydrogens is 551 g/mol. The van der Waals surface area contributed by atoms with Gasteiger partial charge >= 0.3 is 5.97 Å². The number of allylic oxidation sites excluding steroid dienone is 2. The number of ether oxygens (including phenoxy) is 1. The maximum atomic E-state index is 14.2. The van der Waals surface area contributed by atoms with Crippen LogP contribution in [-0.2, 0) is 30.5 Å². The highest BCUT2D eigenvalue weighted by molar-refractivity contribution is 8.13. The van der Waals surface area contributed by atoms with Crippen LogP contribution in [-0.4, -0.2) is 51.7 Å². The zero-order valence-electron chi connectivity index (χ0n) is 23.8. The lowest BCUT2D eigenvalue weighted by Gasteiger charge is -2.19. The number of hydrogen-bond acceptors (Lipinski definition) is 8. The maximum absolute atomic E-state index is 14.2. The first-order chi connectivity index (χ1) is 19.6. The number of thioether (sulfide) groups is 1. The highest BCUT2D eigenvalue weighted by Crippen LogP contribution is 2.14. The molecule has 0 aromatic carbocycles. The van der Waals surface area contributed by atoms with Crippen molar-refractivity contribution < 1.29 is 33.1 Å². The Morgan fingerprint density at radius 2 is 1.90 bits per heavy atom. The Labute approximate surface area is 244 Å². The topological polar surface area (TPSA) is 144 Å². The van der Waals surface area contributed by atoms with Gasteiger partial charge in [-0.15, -0.1) is 0 Å². The van der Waals surface area contributed by atoms with E-state index in [1.165, 1.54) is 38.1 Å². The van der Waals surface area contributed by atoms with Gasteiger partial charge in [-0.3, -0.25) is 19.2 Å². The van der Waals surface area contributed by atoms with Gasteiger partial charge < -0.3 is 20.7 Å². The number of hydrogen-bond donors (Lipinski definition) is 3. The lowest BCUT2D eigenvalue weighted by molar-refractivity contribution is -0.151. The molecule has 0 saturated heterocycles. The van der Waals surface area contributed by atoms with E-state index in [0.717, 1.165) is 37.8 Å². The number of unbranched alkanes of at least 4 members (excludes halogenated alkanes) is 4. The summed E-state index contributed by atoms with van der Waals surface area (Å²) in [5, 5.41) is 7.53. The first-order valence-corrected chi connectivity index (χ1v) is 14.9. The molecule has 41 heavy (non-hydrogen) atoms. The lowest BCUT2D eigenvalue weighted by Crippen LogP contribution is -2.44. The van der Waals surface area contributed by atoms with Crippen molar-refractivity contribution in [2.45, 2.75) is 90.8 Å². The van der Waals surface area contributed by atoms with Gasteiger partial charge in [-0.25, -0.2) is 14.2 Å². The number of amides is 3. The largest absolute Gasteiger partial charge is 0.456 e. The Hall–Kier alpha value is -3.54. The number of halogens is 1. The van der Waals surface area contributed by atoms with Crippen LogP contribution in [0.2, 0.25) is 0 Å². The van der Waals surface area contributed by atoms with E-state index in [1.54, 1.807) is 12.2 Å². The van der Waals surface area contributed by atoms with Crippen LogP contribution < -0.4 is 16.0 Å². The van der Waals surface area contributed by atoms with Crippen molar-refractivity contribution >= 4 is 40.6 Å². The molecule has 1 aromatic heterocycles. The van der Waals surface area contributed by atoms with Gasteiger partial charge in [0, 0.05) is 18.2 Å². The van der Waals surface area contributed by atoms with E-state index in [-0.39, 0.29) is 35.2 Å². The quantitative estimate of drug-likeness (QED) is 0.161. The Kier molecular flexibility index (Phi) is 14.8. The zero-order chi connectivity index (χ0) is 30.2. The lowest BCUT2D eigenvalue weighted by atomic mass is 10.1. The number of nitrogens with zero attached hydrogens (tertiary/aromatic N) is 1. The molecule has 0 unspecified atom stereocenters. The molecule has 1 aliphatic heterocycles. The van der Waals surface area contributed by atoms with Gasteiger partial charge in [0.15, 0.2) is 5.12 Å². The number of esters is 1. The van der Waals surface area contributed by atoms with Crippen LogP contribution >= 0.6 is 11.8 Å². The molecule has 2 atom stereocenters.